The molecule has 5 nitrogen and oxygen atoms in total. The van der Waals surface area contributed by atoms with Crippen molar-refractivity contribution in [2.45, 2.75) is 52.6 Å². The number of hydrogen-bond acceptors (Lipinski definition) is 4. The van der Waals surface area contributed by atoms with Crippen molar-refractivity contribution in [3.8, 4) is 11.8 Å². The number of nitriles is 1. The minimum atomic E-state index is -0.865. The van der Waals surface area contributed by atoms with Crippen LogP contribution in [-0.4, -0.2) is 24.7 Å². The molecule has 1 N–H and O–H groups in total. The summed E-state index contributed by atoms with van der Waals surface area (Å²) in [5.41, 5.74) is 0.102. The fourth-order valence-corrected chi connectivity index (χ4v) is 2.30. The summed E-state index contributed by atoms with van der Waals surface area (Å²) in [4.78, 5) is 12.6. The van der Waals surface area contributed by atoms with Crippen molar-refractivity contribution in [1.82, 2.24) is 0 Å². The predicted octanol–water partition coefficient (Wildman–Crippen LogP) is 3.88. The standard InChI is InChI=1S/C18H26N2O3/c1-5-10-18(4,23-11-6-2)17(21)20-15-8-9-16(22-7-3)14(12-15)13-19/h8-9,12H,5-7,10-11H2,1-4H3,(H,20,21)/t18-/m1/s1. The first-order chi connectivity index (χ1) is 11.0. The summed E-state index contributed by atoms with van der Waals surface area (Å²) in [5, 5.41) is 12.0. The Kier molecular flexibility index (Phi) is 7.56. The maximum Gasteiger partial charge on any atom is 0.256 e. The van der Waals surface area contributed by atoms with Crippen LogP contribution in [0.25, 0.3) is 0 Å². The molecular weight excluding hydrogens is 292 g/mol. The second-order valence-corrected chi connectivity index (χ2v) is 5.54. The van der Waals surface area contributed by atoms with Gasteiger partial charge in [-0.25, -0.2) is 0 Å². The molecule has 5 heteroatoms. The van der Waals surface area contributed by atoms with Crippen LogP contribution in [0, 0.1) is 11.3 Å². The molecule has 1 rings (SSSR count). The normalized spacial score (nSPS) is 13.0. The summed E-state index contributed by atoms with van der Waals surface area (Å²) in [5.74, 6) is 0.326. The molecule has 1 aromatic rings. The Bertz CT molecular complexity index is 566. The molecule has 0 heterocycles. The summed E-state index contributed by atoms with van der Waals surface area (Å²) in [6.07, 6.45) is 2.34. The highest BCUT2D eigenvalue weighted by atomic mass is 16.5. The predicted molar refractivity (Wildman–Crippen MR) is 90.5 cm³/mol. The monoisotopic (exact) mass is 318 g/mol. The minimum absolute atomic E-state index is 0.194. The van der Waals surface area contributed by atoms with Gasteiger partial charge in [-0.1, -0.05) is 20.3 Å². The fraction of sp³-hybridized carbons (Fsp3) is 0.556. The van der Waals surface area contributed by atoms with Crippen molar-refractivity contribution < 1.29 is 14.3 Å². The molecule has 0 saturated heterocycles. The molecule has 0 aliphatic carbocycles. The topological polar surface area (TPSA) is 71.3 Å². The third kappa shape index (κ3) is 5.26. The van der Waals surface area contributed by atoms with Gasteiger partial charge in [0.15, 0.2) is 0 Å². The van der Waals surface area contributed by atoms with Gasteiger partial charge in [0.05, 0.1) is 12.2 Å². The van der Waals surface area contributed by atoms with E-state index in [0.717, 1.165) is 12.8 Å². The molecule has 126 valence electrons. The quantitative estimate of drug-likeness (QED) is 0.750. The second kappa shape index (κ2) is 9.16. The Labute approximate surface area is 138 Å². The first kappa shape index (κ1) is 19.0. The molecule has 0 aromatic heterocycles. The summed E-state index contributed by atoms with van der Waals surface area (Å²) in [7, 11) is 0. The first-order valence-electron chi connectivity index (χ1n) is 8.13. The van der Waals surface area contributed by atoms with Gasteiger partial charge in [0.25, 0.3) is 5.91 Å². The van der Waals surface area contributed by atoms with Crippen molar-refractivity contribution >= 4 is 11.6 Å². The van der Waals surface area contributed by atoms with Crippen molar-refractivity contribution in [2.75, 3.05) is 18.5 Å². The largest absolute Gasteiger partial charge is 0.492 e. The Balaban J connectivity index is 2.92. The molecule has 0 aliphatic heterocycles. The van der Waals surface area contributed by atoms with Gasteiger partial charge < -0.3 is 14.8 Å². The van der Waals surface area contributed by atoms with E-state index in [9.17, 15) is 10.1 Å². The maximum atomic E-state index is 12.6. The van der Waals surface area contributed by atoms with Gasteiger partial charge in [0.2, 0.25) is 0 Å². The number of carbonyl (C=O) groups is 1. The molecule has 1 aromatic carbocycles. The van der Waals surface area contributed by atoms with Crippen LogP contribution in [0.15, 0.2) is 18.2 Å². The molecule has 0 saturated carbocycles. The summed E-state index contributed by atoms with van der Waals surface area (Å²) in [6.45, 7) is 8.72. The smallest absolute Gasteiger partial charge is 0.256 e. The molecule has 0 radical (unpaired) electrons. The number of nitrogens with one attached hydrogen (secondary N) is 1. The van der Waals surface area contributed by atoms with Crippen molar-refractivity contribution in [3.05, 3.63) is 23.8 Å². The summed E-state index contributed by atoms with van der Waals surface area (Å²) in [6, 6.07) is 7.13. The maximum absolute atomic E-state index is 12.6. The average Bonchev–Trinajstić information content (AvgIpc) is 2.54. The van der Waals surface area contributed by atoms with E-state index in [4.69, 9.17) is 9.47 Å². The van der Waals surface area contributed by atoms with Crippen LogP contribution in [0.3, 0.4) is 0 Å². The summed E-state index contributed by atoms with van der Waals surface area (Å²) >= 11 is 0. The van der Waals surface area contributed by atoms with Crippen LogP contribution in [0.5, 0.6) is 5.75 Å². The van der Waals surface area contributed by atoms with E-state index in [0.29, 0.717) is 36.6 Å². The van der Waals surface area contributed by atoms with Crippen molar-refractivity contribution in [2.24, 2.45) is 0 Å². The van der Waals surface area contributed by atoms with Gasteiger partial charge in [-0.2, -0.15) is 5.26 Å². The zero-order valence-corrected chi connectivity index (χ0v) is 14.4. The first-order valence-corrected chi connectivity index (χ1v) is 8.13. The van der Waals surface area contributed by atoms with Gasteiger partial charge in [0.1, 0.15) is 17.4 Å². The SMILES string of the molecule is CCCO[C@](C)(CCC)C(=O)Nc1ccc(OCC)c(C#N)c1. The van der Waals surface area contributed by atoms with Crippen molar-refractivity contribution in [3.63, 3.8) is 0 Å². The molecular formula is C18H26N2O3. The lowest BCUT2D eigenvalue weighted by Gasteiger charge is -2.28. The molecule has 0 aliphatic rings. The molecule has 1 atom stereocenters. The van der Waals surface area contributed by atoms with Gasteiger partial charge >= 0.3 is 0 Å². The zero-order chi connectivity index (χ0) is 17.3. The number of nitrogens with zero attached hydrogens (tertiary/aromatic N) is 1. The molecule has 1 amide bonds. The van der Waals surface area contributed by atoms with Gasteiger partial charge in [-0.05, 0) is 44.9 Å². The van der Waals surface area contributed by atoms with Crippen LogP contribution in [0.2, 0.25) is 0 Å². The fourth-order valence-electron chi connectivity index (χ4n) is 2.30. The third-order valence-electron chi connectivity index (χ3n) is 3.49. The number of benzene rings is 1. The van der Waals surface area contributed by atoms with Crippen LogP contribution >= 0.6 is 0 Å². The Morgan fingerprint density at radius 2 is 2.04 bits per heavy atom. The number of amides is 1. The van der Waals surface area contributed by atoms with Crippen LogP contribution in [0.4, 0.5) is 5.69 Å². The molecule has 0 unspecified atom stereocenters. The lowest BCUT2D eigenvalue weighted by atomic mass is 9.98. The van der Waals surface area contributed by atoms with Crippen LogP contribution in [0.1, 0.15) is 52.5 Å². The van der Waals surface area contributed by atoms with Gasteiger partial charge in [-0.3, -0.25) is 4.79 Å². The number of hydrogen-bond donors (Lipinski definition) is 1. The highest BCUT2D eigenvalue weighted by molar-refractivity contribution is 5.97. The van der Waals surface area contributed by atoms with Gasteiger partial charge in [-0.15, -0.1) is 0 Å². The number of rotatable bonds is 9. The molecule has 0 spiro atoms. The second-order valence-electron chi connectivity index (χ2n) is 5.54. The minimum Gasteiger partial charge on any atom is -0.492 e. The zero-order valence-electron chi connectivity index (χ0n) is 14.4. The Morgan fingerprint density at radius 3 is 2.61 bits per heavy atom. The van der Waals surface area contributed by atoms with Crippen LogP contribution < -0.4 is 10.1 Å². The van der Waals surface area contributed by atoms with E-state index in [1.165, 1.54) is 0 Å². The third-order valence-corrected chi connectivity index (χ3v) is 3.49. The Hall–Kier alpha value is -2.06. The van der Waals surface area contributed by atoms with E-state index in [2.05, 4.69) is 11.4 Å². The average molecular weight is 318 g/mol. The lowest BCUT2D eigenvalue weighted by molar-refractivity contribution is -0.140. The number of ether oxygens (including phenoxy) is 2. The summed E-state index contributed by atoms with van der Waals surface area (Å²) < 4.78 is 11.2. The van der Waals surface area contributed by atoms with E-state index < -0.39 is 5.60 Å². The number of carbonyl (C=O) groups excluding carboxylic acids is 1. The van der Waals surface area contributed by atoms with E-state index in [-0.39, 0.29) is 5.91 Å². The lowest BCUT2D eigenvalue weighted by Crippen LogP contribution is -2.43. The molecule has 0 bridgehead atoms. The highest BCUT2D eigenvalue weighted by Crippen LogP contribution is 2.25. The number of anilines is 1. The van der Waals surface area contributed by atoms with Crippen LogP contribution in [-0.2, 0) is 9.53 Å². The highest BCUT2D eigenvalue weighted by Gasteiger charge is 2.33. The van der Waals surface area contributed by atoms with E-state index in [1.54, 1.807) is 25.1 Å². The van der Waals surface area contributed by atoms with E-state index >= 15 is 0 Å². The van der Waals surface area contributed by atoms with Gasteiger partial charge in [0, 0.05) is 12.3 Å². The molecule has 0 fully saturated rings. The Morgan fingerprint density at radius 1 is 1.30 bits per heavy atom. The van der Waals surface area contributed by atoms with E-state index in [1.807, 2.05) is 20.8 Å². The van der Waals surface area contributed by atoms with Crippen molar-refractivity contribution in [1.29, 1.82) is 5.26 Å². The molecule has 23 heavy (non-hydrogen) atoms.